The first-order chi connectivity index (χ1) is 14.2. The Morgan fingerprint density at radius 1 is 1.17 bits per heavy atom. The molecule has 2 saturated heterocycles. The van der Waals surface area contributed by atoms with Crippen LogP contribution in [0, 0.1) is 0 Å². The zero-order chi connectivity index (χ0) is 19.8. The van der Waals surface area contributed by atoms with E-state index in [0.717, 1.165) is 19.3 Å². The lowest BCUT2D eigenvalue weighted by molar-refractivity contribution is 0.00652. The van der Waals surface area contributed by atoms with E-state index in [1.54, 1.807) is 47.4 Å². The van der Waals surface area contributed by atoms with Crippen LogP contribution in [0.2, 0.25) is 0 Å². The molecule has 4 atom stereocenters. The summed E-state index contributed by atoms with van der Waals surface area (Å²) in [5.41, 5.74) is 1.72. The fraction of sp³-hybridized carbons (Fsp3) is 0.400. The zero-order valence-electron chi connectivity index (χ0n) is 15.6. The molecule has 0 unspecified atom stereocenters. The van der Waals surface area contributed by atoms with Crippen LogP contribution < -0.4 is 10.1 Å². The molecular formula is C20H21FN6O2. The van der Waals surface area contributed by atoms with E-state index in [0.29, 0.717) is 35.3 Å². The molecule has 0 radical (unpaired) electrons. The standard InChI is InChI=1S/C20H21FN6O2/c21-20-16-3-1-2-12(23-16)10-18(20)29-19-7-6-15(24-25-19)14-5-4-13(11-17(14)28)27-9-8-22-26-27/h4-9,11-12,16,18,20,23,28H,1-3,10H2/t12-,16+,18-,20-/m0/s1. The third-order valence-corrected chi connectivity index (χ3v) is 5.63. The number of phenols is 1. The van der Waals surface area contributed by atoms with E-state index in [4.69, 9.17) is 4.74 Å². The first kappa shape index (κ1) is 18.0. The van der Waals surface area contributed by atoms with Crippen molar-refractivity contribution in [2.45, 2.75) is 50.0 Å². The third-order valence-electron chi connectivity index (χ3n) is 5.63. The summed E-state index contributed by atoms with van der Waals surface area (Å²) >= 11 is 0. The Labute approximate surface area is 166 Å². The second kappa shape index (κ2) is 7.40. The highest BCUT2D eigenvalue weighted by atomic mass is 19.1. The van der Waals surface area contributed by atoms with E-state index in [1.807, 2.05) is 0 Å². The van der Waals surface area contributed by atoms with Crippen molar-refractivity contribution < 1.29 is 14.2 Å². The van der Waals surface area contributed by atoms with Gasteiger partial charge in [-0.1, -0.05) is 11.6 Å². The van der Waals surface area contributed by atoms with Crippen molar-refractivity contribution in [1.82, 2.24) is 30.5 Å². The molecule has 1 aromatic carbocycles. The number of ether oxygens (including phenoxy) is 1. The number of hydrogen-bond acceptors (Lipinski definition) is 7. The van der Waals surface area contributed by atoms with Crippen molar-refractivity contribution in [3.63, 3.8) is 0 Å². The molecule has 8 nitrogen and oxygen atoms in total. The van der Waals surface area contributed by atoms with Gasteiger partial charge in [-0.15, -0.1) is 15.3 Å². The van der Waals surface area contributed by atoms with Crippen molar-refractivity contribution >= 4 is 0 Å². The van der Waals surface area contributed by atoms with Crippen LogP contribution in [0.1, 0.15) is 25.7 Å². The number of benzene rings is 1. The maximum atomic E-state index is 14.7. The number of nitrogens with zero attached hydrogens (tertiary/aromatic N) is 5. The molecule has 2 aromatic heterocycles. The van der Waals surface area contributed by atoms with Gasteiger partial charge in [0, 0.05) is 36.2 Å². The van der Waals surface area contributed by atoms with Crippen molar-refractivity contribution in [3.05, 3.63) is 42.7 Å². The van der Waals surface area contributed by atoms with Gasteiger partial charge < -0.3 is 15.2 Å². The summed E-state index contributed by atoms with van der Waals surface area (Å²) in [5, 5.41) is 29.6. The van der Waals surface area contributed by atoms with Crippen molar-refractivity contribution in [3.8, 4) is 28.6 Å². The molecule has 0 saturated carbocycles. The lowest BCUT2D eigenvalue weighted by Crippen LogP contribution is -2.59. The van der Waals surface area contributed by atoms with Gasteiger partial charge in [0.2, 0.25) is 5.88 Å². The molecule has 150 valence electrons. The molecule has 2 aliphatic heterocycles. The van der Waals surface area contributed by atoms with Gasteiger partial charge in [-0.25, -0.2) is 9.07 Å². The topological polar surface area (TPSA) is 98.0 Å². The maximum Gasteiger partial charge on any atom is 0.233 e. The minimum Gasteiger partial charge on any atom is -0.507 e. The van der Waals surface area contributed by atoms with Gasteiger partial charge in [0.25, 0.3) is 0 Å². The first-order valence-corrected chi connectivity index (χ1v) is 9.78. The van der Waals surface area contributed by atoms with E-state index in [2.05, 4.69) is 25.8 Å². The molecule has 0 aliphatic carbocycles. The van der Waals surface area contributed by atoms with Crippen LogP contribution >= 0.6 is 0 Å². The number of hydrogen-bond donors (Lipinski definition) is 2. The molecule has 9 heteroatoms. The minimum absolute atomic E-state index is 0.0518. The molecular weight excluding hydrogens is 375 g/mol. The van der Waals surface area contributed by atoms with E-state index in [1.165, 1.54) is 0 Å². The van der Waals surface area contributed by atoms with Crippen LogP contribution in [0.5, 0.6) is 11.6 Å². The van der Waals surface area contributed by atoms with E-state index in [9.17, 15) is 9.50 Å². The molecule has 3 aromatic rings. The largest absolute Gasteiger partial charge is 0.507 e. The predicted octanol–water partition coefficient (Wildman–Crippen LogP) is 2.43. The fourth-order valence-electron chi connectivity index (χ4n) is 4.18. The van der Waals surface area contributed by atoms with E-state index in [-0.39, 0.29) is 11.8 Å². The Kier molecular flexibility index (Phi) is 4.59. The van der Waals surface area contributed by atoms with Gasteiger partial charge in [-0.3, -0.25) is 0 Å². The molecule has 0 amide bonds. The van der Waals surface area contributed by atoms with Crippen LogP contribution in [0.3, 0.4) is 0 Å². The summed E-state index contributed by atoms with van der Waals surface area (Å²) in [7, 11) is 0. The van der Waals surface area contributed by atoms with E-state index >= 15 is 0 Å². The van der Waals surface area contributed by atoms with Crippen LogP contribution in [0.15, 0.2) is 42.7 Å². The first-order valence-electron chi connectivity index (χ1n) is 9.78. The summed E-state index contributed by atoms with van der Waals surface area (Å²) in [6.45, 7) is 0. The fourth-order valence-corrected chi connectivity index (χ4v) is 4.18. The Bertz CT molecular complexity index is 981. The van der Waals surface area contributed by atoms with Crippen LogP contribution in [0.25, 0.3) is 16.9 Å². The van der Waals surface area contributed by atoms with Gasteiger partial charge in [0.15, 0.2) is 6.17 Å². The van der Waals surface area contributed by atoms with Gasteiger partial charge >= 0.3 is 0 Å². The average molecular weight is 396 g/mol. The maximum absolute atomic E-state index is 14.7. The normalized spacial score (nSPS) is 26.2. The van der Waals surface area contributed by atoms with Crippen LogP contribution in [0.4, 0.5) is 4.39 Å². The second-order valence-corrected chi connectivity index (χ2v) is 7.54. The predicted molar refractivity (Wildman–Crippen MR) is 103 cm³/mol. The lowest BCUT2D eigenvalue weighted by atomic mass is 9.84. The molecule has 29 heavy (non-hydrogen) atoms. The number of aromatic nitrogens is 5. The van der Waals surface area contributed by atoms with Gasteiger partial charge in [-0.05, 0) is 31.0 Å². The average Bonchev–Trinajstić information content (AvgIpc) is 3.28. The summed E-state index contributed by atoms with van der Waals surface area (Å²) < 4.78 is 22.0. The van der Waals surface area contributed by atoms with Crippen molar-refractivity contribution in [2.24, 2.45) is 0 Å². The number of alkyl halides is 1. The molecule has 2 N–H and O–H groups in total. The number of fused-ring (bicyclic) bond motifs is 2. The smallest absolute Gasteiger partial charge is 0.233 e. The number of halogens is 1. The molecule has 5 rings (SSSR count). The zero-order valence-corrected chi connectivity index (χ0v) is 15.6. The summed E-state index contributed by atoms with van der Waals surface area (Å²) in [6.07, 6.45) is 5.27. The number of piperidine rings is 2. The highest BCUT2D eigenvalue weighted by molar-refractivity contribution is 5.68. The van der Waals surface area contributed by atoms with Crippen LogP contribution in [-0.4, -0.2) is 54.7 Å². The molecule has 2 bridgehead atoms. The number of nitrogens with one attached hydrogen (secondary N) is 1. The highest BCUT2D eigenvalue weighted by Crippen LogP contribution is 2.32. The summed E-state index contributed by atoms with van der Waals surface area (Å²) in [5.74, 6) is 0.344. The van der Waals surface area contributed by atoms with Gasteiger partial charge in [0.1, 0.15) is 11.9 Å². The van der Waals surface area contributed by atoms with Crippen molar-refractivity contribution in [2.75, 3.05) is 0 Å². The quantitative estimate of drug-likeness (QED) is 0.699. The van der Waals surface area contributed by atoms with E-state index < -0.39 is 12.3 Å². The Hall–Kier alpha value is -3.07. The van der Waals surface area contributed by atoms with Crippen LogP contribution in [-0.2, 0) is 0 Å². The second-order valence-electron chi connectivity index (χ2n) is 7.54. The lowest BCUT2D eigenvalue weighted by Gasteiger charge is -2.42. The minimum atomic E-state index is -1.05. The Morgan fingerprint density at radius 3 is 2.86 bits per heavy atom. The third kappa shape index (κ3) is 3.53. The SMILES string of the molecule is Oc1cc(-n2ccnn2)ccc1-c1ccc(O[C@H]2C[C@@H]3CCC[C@@H](N3)[C@@H]2F)nn1. The van der Waals surface area contributed by atoms with Gasteiger partial charge in [0.05, 0.1) is 23.8 Å². The number of phenolic OH excluding ortho intramolecular Hbond substituents is 1. The Balaban J connectivity index is 1.31. The van der Waals surface area contributed by atoms with Gasteiger partial charge in [-0.2, -0.15) is 0 Å². The summed E-state index contributed by atoms with van der Waals surface area (Å²) in [6, 6.07) is 8.66. The molecule has 2 fully saturated rings. The molecule has 2 aliphatic rings. The molecule has 0 spiro atoms. The highest BCUT2D eigenvalue weighted by Gasteiger charge is 2.41. The molecule has 4 heterocycles. The Morgan fingerprint density at radius 2 is 2.10 bits per heavy atom. The monoisotopic (exact) mass is 396 g/mol. The number of rotatable bonds is 4. The number of aromatic hydroxyl groups is 1. The van der Waals surface area contributed by atoms with Crippen molar-refractivity contribution in [1.29, 1.82) is 0 Å². The summed E-state index contributed by atoms with van der Waals surface area (Å²) in [4.78, 5) is 0.